The Hall–Kier alpha value is -0.460. The van der Waals surface area contributed by atoms with Crippen molar-refractivity contribution in [3.8, 4) is 0 Å². The Morgan fingerprint density at radius 2 is 2.14 bits per heavy atom. The maximum atomic E-state index is 9.60. The second kappa shape index (κ2) is 6.10. The molecule has 0 saturated carbocycles. The highest BCUT2D eigenvalue weighted by Gasteiger charge is 2.08. The van der Waals surface area contributed by atoms with Crippen molar-refractivity contribution in [1.29, 1.82) is 0 Å². The molecule has 5 heteroatoms. The SMILES string of the molecule is OCC(O)CNCC(O)c1cccs1. The standard InChI is InChI=1S/C9H15NO3S/c11-6-7(12)4-10-5-8(13)9-2-1-3-14-9/h1-3,7-8,10-13H,4-6H2. The first-order chi connectivity index (χ1) is 6.74. The predicted octanol–water partition coefficient (Wildman–Crippen LogP) is -0.276. The molecule has 0 amide bonds. The molecule has 0 aliphatic heterocycles. The van der Waals surface area contributed by atoms with Gasteiger partial charge in [-0.15, -0.1) is 11.3 Å². The summed E-state index contributed by atoms with van der Waals surface area (Å²) in [5.41, 5.74) is 0. The van der Waals surface area contributed by atoms with Gasteiger partial charge in [0.05, 0.1) is 12.7 Å². The Balaban J connectivity index is 2.19. The minimum Gasteiger partial charge on any atom is -0.394 e. The van der Waals surface area contributed by atoms with E-state index in [0.717, 1.165) is 4.88 Å². The number of thiophene rings is 1. The van der Waals surface area contributed by atoms with Crippen molar-refractivity contribution in [2.45, 2.75) is 12.2 Å². The maximum absolute atomic E-state index is 9.60. The molecule has 14 heavy (non-hydrogen) atoms. The molecule has 4 N–H and O–H groups in total. The summed E-state index contributed by atoms with van der Waals surface area (Å²) in [5, 5.41) is 31.9. The van der Waals surface area contributed by atoms with Crippen LogP contribution in [0.2, 0.25) is 0 Å². The Morgan fingerprint density at radius 3 is 2.71 bits per heavy atom. The lowest BCUT2D eigenvalue weighted by atomic mass is 10.3. The van der Waals surface area contributed by atoms with Gasteiger partial charge < -0.3 is 20.6 Å². The largest absolute Gasteiger partial charge is 0.394 e. The predicted molar refractivity (Wildman–Crippen MR) is 55.2 cm³/mol. The fourth-order valence-corrected chi connectivity index (χ4v) is 1.74. The molecule has 1 rings (SSSR count). The van der Waals surface area contributed by atoms with Gasteiger partial charge in [-0.1, -0.05) is 6.07 Å². The van der Waals surface area contributed by atoms with Crippen LogP contribution < -0.4 is 5.32 Å². The monoisotopic (exact) mass is 217 g/mol. The first-order valence-electron chi connectivity index (χ1n) is 4.45. The van der Waals surface area contributed by atoms with E-state index in [1.165, 1.54) is 11.3 Å². The van der Waals surface area contributed by atoms with Gasteiger partial charge in [-0.2, -0.15) is 0 Å². The number of rotatable bonds is 6. The van der Waals surface area contributed by atoms with Crippen LogP contribution in [0, 0.1) is 0 Å². The molecule has 0 fully saturated rings. The van der Waals surface area contributed by atoms with Gasteiger partial charge in [0.15, 0.2) is 0 Å². The lowest BCUT2D eigenvalue weighted by molar-refractivity contribution is 0.0893. The molecule has 0 aromatic carbocycles. The molecule has 2 atom stereocenters. The van der Waals surface area contributed by atoms with Gasteiger partial charge in [-0.3, -0.25) is 0 Å². The second-order valence-corrected chi connectivity index (χ2v) is 4.01. The number of nitrogens with one attached hydrogen (secondary N) is 1. The topological polar surface area (TPSA) is 72.7 Å². The van der Waals surface area contributed by atoms with E-state index >= 15 is 0 Å². The zero-order chi connectivity index (χ0) is 10.4. The van der Waals surface area contributed by atoms with Gasteiger partial charge in [-0.25, -0.2) is 0 Å². The van der Waals surface area contributed by atoms with E-state index in [-0.39, 0.29) is 6.61 Å². The van der Waals surface area contributed by atoms with Crippen LogP contribution in [-0.4, -0.2) is 41.1 Å². The molecular weight excluding hydrogens is 202 g/mol. The summed E-state index contributed by atoms with van der Waals surface area (Å²) >= 11 is 1.49. The summed E-state index contributed by atoms with van der Waals surface area (Å²) in [5.74, 6) is 0. The molecule has 1 aromatic heterocycles. The van der Waals surface area contributed by atoms with E-state index in [9.17, 15) is 5.11 Å². The molecule has 0 spiro atoms. The minimum atomic E-state index is -0.759. The Labute approximate surface area is 86.8 Å². The lowest BCUT2D eigenvalue weighted by Gasteiger charge is -2.12. The number of hydrogen-bond acceptors (Lipinski definition) is 5. The molecule has 0 saturated heterocycles. The molecule has 0 aliphatic carbocycles. The Kier molecular flexibility index (Phi) is 5.06. The quantitative estimate of drug-likeness (QED) is 0.529. The molecule has 2 unspecified atom stereocenters. The van der Waals surface area contributed by atoms with E-state index in [1.54, 1.807) is 0 Å². The molecule has 0 radical (unpaired) electrons. The van der Waals surface area contributed by atoms with Crippen molar-refractivity contribution in [1.82, 2.24) is 5.32 Å². The van der Waals surface area contributed by atoms with Gasteiger partial charge in [0.1, 0.15) is 6.10 Å². The number of hydrogen-bond donors (Lipinski definition) is 4. The van der Waals surface area contributed by atoms with Crippen LogP contribution in [0.4, 0.5) is 0 Å². The molecule has 0 bridgehead atoms. The average Bonchev–Trinajstić information content (AvgIpc) is 2.70. The Morgan fingerprint density at radius 1 is 1.36 bits per heavy atom. The normalized spacial score (nSPS) is 15.4. The zero-order valence-electron chi connectivity index (χ0n) is 7.76. The molecule has 4 nitrogen and oxygen atoms in total. The summed E-state index contributed by atoms with van der Waals surface area (Å²) in [4.78, 5) is 0.899. The van der Waals surface area contributed by atoms with E-state index in [4.69, 9.17) is 10.2 Å². The van der Waals surface area contributed by atoms with Crippen LogP contribution in [0.5, 0.6) is 0 Å². The van der Waals surface area contributed by atoms with Crippen molar-refractivity contribution in [3.05, 3.63) is 22.4 Å². The highest BCUT2D eigenvalue weighted by atomic mass is 32.1. The third-order valence-electron chi connectivity index (χ3n) is 1.80. The molecule has 80 valence electrons. The van der Waals surface area contributed by atoms with E-state index in [0.29, 0.717) is 13.1 Å². The van der Waals surface area contributed by atoms with Crippen molar-refractivity contribution < 1.29 is 15.3 Å². The van der Waals surface area contributed by atoms with Crippen molar-refractivity contribution in [2.75, 3.05) is 19.7 Å². The maximum Gasteiger partial charge on any atom is 0.101 e. The van der Waals surface area contributed by atoms with Crippen LogP contribution in [-0.2, 0) is 0 Å². The fraction of sp³-hybridized carbons (Fsp3) is 0.556. The summed E-state index contributed by atoms with van der Waals surface area (Å²) < 4.78 is 0. The third kappa shape index (κ3) is 3.73. The highest BCUT2D eigenvalue weighted by Crippen LogP contribution is 2.17. The second-order valence-electron chi connectivity index (χ2n) is 3.03. The van der Waals surface area contributed by atoms with Crippen molar-refractivity contribution >= 4 is 11.3 Å². The molecular formula is C9H15NO3S. The van der Waals surface area contributed by atoms with Crippen molar-refractivity contribution in [2.24, 2.45) is 0 Å². The smallest absolute Gasteiger partial charge is 0.101 e. The van der Waals surface area contributed by atoms with E-state index < -0.39 is 12.2 Å². The van der Waals surface area contributed by atoms with Crippen LogP contribution in [0.25, 0.3) is 0 Å². The number of aliphatic hydroxyl groups is 3. The summed E-state index contributed by atoms with van der Waals surface area (Å²) in [6.07, 6.45) is -1.30. The fourth-order valence-electron chi connectivity index (χ4n) is 1.03. The molecule has 1 heterocycles. The molecule has 1 aromatic rings. The summed E-state index contributed by atoms with van der Waals surface area (Å²) in [6.45, 7) is 0.415. The Bertz CT molecular complexity index is 240. The van der Waals surface area contributed by atoms with Gasteiger partial charge in [0, 0.05) is 18.0 Å². The number of aliphatic hydroxyl groups excluding tert-OH is 3. The average molecular weight is 217 g/mol. The molecule has 0 aliphatic rings. The third-order valence-corrected chi connectivity index (χ3v) is 2.77. The van der Waals surface area contributed by atoms with Crippen LogP contribution >= 0.6 is 11.3 Å². The van der Waals surface area contributed by atoms with Crippen LogP contribution in [0.3, 0.4) is 0 Å². The van der Waals surface area contributed by atoms with Crippen LogP contribution in [0.15, 0.2) is 17.5 Å². The van der Waals surface area contributed by atoms with Crippen LogP contribution in [0.1, 0.15) is 11.0 Å². The first kappa shape index (κ1) is 11.6. The van der Waals surface area contributed by atoms with Gasteiger partial charge >= 0.3 is 0 Å². The van der Waals surface area contributed by atoms with Gasteiger partial charge in [-0.05, 0) is 11.4 Å². The summed E-state index contributed by atoms with van der Waals surface area (Å²) in [6, 6.07) is 3.74. The zero-order valence-corrected chi connectivity index (χ0v) is 8.57. The first-order valence-corrected chi connectivity index (χ1v) is 5.33. The minimum absolute atomic E-state index is 0.262. The highest BCUT2D eigenvalue weighted by molar-refractivity contribution is 7.10. The van der Waals surface area contributed by atoms with Crippen molar-refractivity contribution in [3.63, 3.8) is 0 Å². The van der Waals surface area contributed by atoms with E-state index in [1.807, 2.05) is 17.5 Å². The van der Waals surface area contributed by atoms with Gasteiger partial charge in [0.2, 0.25) is 0 Å². The lowest BCUT2D eigenvalue weighted by Crippen LogP contribution is -2.32. The van der Waals surface area contributed by atoms with E-state index in [2.05, 4.69) is 5.32 Å². The van der Waals surface area contributed by atoms with Gasteiger partial charge in [0.25, 0.3) is 0 Å². The summed E-state index contributed by atoms with van der Waals surface area (Å²) in [7, 11) is 0.